The van der Waals surface area contributed by atoms with Gasteiger partial charge in [0.05, 0.1) is 24.3 Å². The molecule has 2 aromatic carbocycles. The molecule has 1 N–H and O–H groups in total. The molecule has 45 heavy (non-hydrogen) atoms. The number of benzene rings is 2. The lowest BCUT2D eigenvalue weighted by Gasteiger charge is -2.31. The van der Waals surface area contributed by atoms with E-state index in [0.29, 0.717) is 15.4 Å². The molecule has 0 unspecified atom stereocenters. The Bertz CT molecular complexity index is 1760. The van der Waals surface area contributed by atoms with Gasteiger partial charge in [-0.05, 0) is 70.0 Å². The summed E-state index contributed by atoms with van der Waals surface area (Å²) < 4.78 is 31.4. The van der Waals surface area contributed by atoms with Crippen molar-refractivity contribution in [3.05, 3.63) is 95.5 Å². The summed E-state index contributed by atoms with van der Waals surface area (Å²) in [5, 5.41) is 2.79. The summed E-state index contributed by atoms with van der Waals surface area (Å²) in [7, 11) is 0. The number of hydrogen-bond donors (Lipinski definition) is 1. The summed E-state index contributed by atoms with van der Waals surface area (Å²) in [5.41, 5.74) is -0.518. The summed E-state index contributed by atoms with van der Waals surface area (Å²) in [6.45, 7) is 7.90. The van der Waals surface area contributed by atoms with E-state index in [9.17, 15) is 14.4 Å². The Labute approximate surface area is 264 Å². The van der Waals surface area contributed by atoms with E-state index in [2.05, 4.69) is 34.6 Å². The Balaban J connectivity index is 1.46. The highest BCUT2D eigenvalue weighted by Crippen LogP contribution is 2.45. The van der Waals surface area contributed by atoms with Gasteiger partial charge in [0.2, 0.25) is 5.54 Å². The van der Waals surface area contributed by atoms with Crippen LogP contribution in [0.15, 0.2) is 72.8 Å². The van der Waals surface area contributed by atoms with Crippen LogP contribution in [0.2, 0.25) is 0 Å². The Kier molecular flexibility index (Phi) is 8.75. The smallest absolute Gasteiger partial charge is 0.409 e. The molecule has 9 nitrogen and oxygen atoms in total. The first kappa shape index (κ1) is 31.8. The van der Waals surface area contributed by atoms with E-state index in [1.807, 2.05) is 30.3 Å². The molecule has 0 saturated carbocycles. The van der Waals surface area contributed by atoms with Crippen LogP contribution in [0.5, 0.6) is 0 Å². The van der Waals surface area contributed by atoms with Gasteiger partial charge in [-0.3, -0.25) is 5.32 Å². The van der Waals surface area contributed by atoms with E-state index in [1.54, 1.807) is 40.7 Å². The fourth-order valence-electron chi connectivity index (χ4n) is 4.98. The van der Waals surface area contributed by atoms with Crippen LogP contribution in [0.4, 0.5) is 9.18 Å². The molecule has 0 saturated heterocycles. The van der Waals surface area contributed by atoms with E-state index in [1.165, 1.54) is 23.5 Å². The number of thiazole rings is 1. The molecular weight excluding hydrogens is 597 g/mol. The van der Waals surface area contributed by atoms with Crippen molar-refractivity contribution >= 4 is 39.7 Å². The van der Waals surface area contributed by atoms with Gasteiger partial charge in [-0.25, -0.2) is 28.7 Å². The maximum Gasteiger partial charge on any atom is 0.409 e. The van der Waals surface area contributed by atoms with Crippen LogP contribution in [0.25, 0.3) is 20.9 Å². The minimum absolute atomic E-state index is 0.0703. The molecule has 0 atom stereocenters. The summed E-state index contributed by atoms with van der Waals surface area (Å²) in [5.74, 6) is -2.73. The molecule has 0 spiro atoms. The van der Waals surface area contributed by atoms with Crippen LogP contribution in [0, 0.1) is 5.82 Å². The first-order valence-electron chi connectivity index (χ1n) is 14.6. The maximum absolute atomic E-state index is 15.7. The van der Waals surface area contributed by atoms with Crippen molar-refractivity contribution in [2.75, 3.05) is 13.2 Å². The number of ether oxygens (including phenoxy) is 3. The molecule has 1 aliphatic rings. The Hall–Kier alpha value is -4.64. The van der Waals surface area contributed by atoms with Crippen LogP contribution >= 0.6 is 11.3 Å². The van der Waals surface area contributed by atoms with Crippen molar-refractivity contribution < 1.29 is 33.0 Å². The number of fused-ring (bicyclic) bond motifs is 1. The number of alkyl carbamates (subject to hydrolysis) is 1. The van der Waals surface area contributed by atoms with Gasteiger partial charge in [0, 0.05) is 12.0 Å². The topological polar surface area (TPSA) is 117 Å². The Morgan fingerprint density at radius 2 is 1.58 bits per heavy atom. The standard InChI is InChI=1S/C34H34FN3O6S/c1-6-42-29(39)34(30(40)43-7-2,38-31(41)44-32(3,4)5)20-21-13-14-23(24(35)19-21)27-36-25-15-16-26(37-28(25)45-27)33(17-18-33)22-11-9-8-10-12-22/h8-19H,6-7,20H2,1-5H3,(H,38,41). The molecule has 0 radical (unpaired) electrons. The van der Waals surface area contributed by atoms with Crippen LogP contribution < -0.4 is 5.32 Å². The zero-order valence-corrected chi connectivity index (χ0v) is 26.5. The second-order valence-corrected chi connectivity index (χ2v) is 12.5. The minimum atomic E-state index is -2.32. The lowest BCUT2D eigenvalue weighted by Crippen LogP contribution is -2.63. The number of carbonyl (C=O) groups excluding carboxylic acids is 3. The molecule has 1 aliphatic carbocycles. The maximum atomic E-state index is 15.7. The number of nitrogens with one attached hydrogen (secondary N) is 1. The molecule has 234 valence electrons. The predicted molar refractivity (Wildman–Crippen MR) is 168 cm³/mol. The molecule has 5 rings (SSSR count). The normalized spacial score (nSPS) is 13.7. The highest BCUT2D eigenvalue weighted by Gasteiger charge is 2.51. The van der Waals surface area contributed by atoms with Gasteiger partial charge in [-0.1, -0.05) is 59.9 Å². The lowest BCUT2D eigenvalue weighted by atomic mass is 9.89. The van der Waals surface area contributed by atoms with E-state index in [0.717, 1.165) is 11.3 Å². The number of carbonyl (C=O) groups is 3. The number of rotatable bonds is 10. The van der Waals surface area contributed by atoms with Crippen molar-refractivity contribution in [3.8, 4) is 10.6 Å². The van der Waals surface area contributed by atoms with Crippen LogP contribution in [0.1, 0.15) is 51.4 Å². The molecule has 0 fully saturated rings. The van der Waals surface area contributed by atoms with E-state index in [-0.39, 0.29) is 29.8 Å². The van der Waals surface area contributed by atoms with Crippen molar-refractivity contribution in [2.45, 2.75) is 57.6 Å². The summed E-state index contributed by atoms with van der Waals surface area (Å²) in [6, 6.07) is 18.2. The third kappa shape index (κ3) is 6.58. The Morgan fingerprint density at radius 3 is 2.16 bits per heavy atom. The van der Waals surface area contributed by atoms with Gasteiger partial charge in [0.15, 0.2) is 0 Å². The number of amides is 1. The highest BCUT2D eigenvalue weighted by molar-refractivity contribution is 7.21. The van der Waals surface area contributed by atoms with Crippen LogP contribution in [-0.2, 0) is 35.6 Å². The van der Waals surface area contributed by atoms with Crippen LogP contribution in [0.3, 0.4) is 0 Å². The zero-order chi connectivity index (χ0) is 32.4. The molecule has 0 aliphatic heterocycles. The van der Waals surface area contributed by atoms with Gasteiger partial charge in [0.25, 0.3) is 0 Å². The molecule has 2 heterocycles. The van der Waals surface area contributed by atoms with Gasteiger partial charge in [-0.2, -0.15) is 0 Å². The number of nitrogens with zero attached hydrogens (tertiary/aromatic N) is 2. The zero-order valence-electron chi connectivity index (χ0n) is 25.7. The number of aromatic nitrogens is 2. The molecule has 0 bridgehead atoms. The average molecular weight is 632 g/mol. The fraction of sp³-hybridized carbons (Fsp3) is 0.324. The molecular formula is C34H34FN3O6S. The van der Waals surface area contributed by atoms with Gasteiger partial charge in [0.1, 0.15) is 26.8 Å². The molecule has 4 aromatic rings. The van der Waals surface area contributed by atoms with Gasteiger partial charge in [-0.15, -0.1) is 0 Å². The summed E-state index contributed by atoms with van der Waals surface area (Å²) >= 11 is 1.26. The summed E-state index contributed by atoms with van der Waals surface area (Å²) in [4.78, 5) is 49.4. The van der Waals surface area contributed by atoms with Crippen LogP contribution in [-0.4, -0.2) is 52.4 Å². The second-order valence-electron chi connectivity index (χ2n) is 11.6. The molecule has 1 amide bonds. The second kappa shape index (κ2) is 12.4. The lowest BCUT2D eigenvalue weighted by molar-refractivity contribution is -0.166. The minimum Gasteiger partial charge on any atom is -0.464 e. The third-order valence-electron chi connectivity index (χ3n) is 7.13. The third-order valence-corrected chi connectivity index (χ3v) is 8.12. The predicted octanol–water partition coefficient (Wildman–Crippen LogP) is 6.29. The van der Waals surface area contributed by atoms with Crippen molar-refractivity contribution in [1.82, 2.24) is 15.3 Å². The molecule has 11 heteroatoms. The van der Waals surface area contributed by atoms with E-state index < -0.39 is 41.4 Å². The van der Waals surface area contributed by atoms with Crippen molar-refractivity contribution in [2.24, 2.45) is 0 Å². The van der Waals surface area contributed by atoms with E-state index >= 15 is 4.39 Å². The quantitative estimate of drug-likeness (QED) is 0.0940. The highest BCUT2D eigenvalue weighted by atomic mass is 32.1. The SMILES string of the molecule is CCOC(=O)C(Cc1ccc(-c2nc3ccc(C4(c5ccccc5)C=C4)nc3s2)c(F)c1)(NC(=O)OC(C)(C)C)C(=O)OCC. The largest absolute Gasteiger partial charge is 0.464 e. The number of hydrogen-bond acceptors (Lipinski definition) is 9. The number of halogens is 1. The van der Waals surface area contributed by atoms with Crippen molar-refractivity contribution in [1.29, 1.82) is 0 Å². The fourth-order valence-corrected chi connectivity index (χ4v) is 5.94. The number of allylic oxidation sites excluding steroid dienone is 2. The van der Waals surface area contributed by atoms with Gasteiger partial charge >= 0.3 is 18.0 Å². The summed E-state index contributed by atoms with van der Waals surface area (Å²) in [6.07, 6.45) is 2.72. The average Bonchev–Trinajstić information content (AvgIpc) is 3.69. The number of pyridine rings is 1. The Morgan fingerprint density at radius 1 is 0.911 bits per heavy atom. The molecule has 2 aromatic heterocycles. The van der Waals surface area contributed by atoms with Crippen molar-refractivity contribution in [3.63, 3.8) is 0 Å². The van der Waals surface area contributed by atoms with E-state index in [4.69, 9.17) is 19.2 Å². The van der Waals surface area contributed by atoms with Gasteiger partial charge < -0.3 is 14.2 Å². The number of esters is 2. The first-order chi connectivity index (χ1) is 21.4. The monoisotopic (exact) mass is 631 g/mol. The first-order valence-corrected chi connectivity index (χ1v) is 15.4.